The summed E-state index contributed by atoms with van der Waals surface area (Å²) in [5.41, 5.74) is 6.29. The molecule has 0 fully saturated rings. The topological polar surface area (TPSA) is 171 Å². The van der Waals surface area contributed by atoms with Crippen LogP contribution in [-0.2, 0) is 25.6 Å². The molecule has 0 aliphatic heterocycles. The quantitative estimate of drug-likeness (QED) is 0.234. The Labute approximate surface area is 194 Å². The number of carboxylic acid groups (broad SMARTS) is 1. The summed E-state index contributed by atoms with van der Waals surface area (Å²) >= 11 is 0. The first kappa shape index (κ1) is 28.1. The SMILES string of the molecule is CCC(C)C(NC(=O)C(Cc1ccccc1)NC(=O)C(NC(=O)C(N)CO)C(C)C)C(=O)O. The Morgan fingerprint density at radius 3 is 1.97 bits per heavy atom. The molecule has 3 amide bonds. The number of hydrogen-bond donors (Lipinski definition) is 6. The summed E-state index contributed by atoms with van der Waals surface area (Å²) in [6.45, 7) is 6.39. The molecule has 0 bridgehead atoms. The fraction of sp³-hybridized carbons (Fsp3) is 0.565. The van der Waals surface area contributed by atoms with E-state index in [0.717, 1.165) is 5.56 Å². The molecule has 0 saturated carbocycles. The van der Waals surface area contributed by atoms with Crippen LogP contribution in [0.3, 0.4) is 0 Å². The van der Waals surface area contributed by atoms with Gasteiger partial charge in [0.1, 0.15) is 24.2 Å². The maximum Gasteiger partial charge on any atom is 0.326 e. The maximum atomic E-state index is 13.1. The lowest BCUT2D eigenvalue weighted by molar-refractivity contribution is -0.143. The molecule has 0 heterocycles. The number of rotatable bonds is 13. The van der Waals surface area contributed by atoms with Gasteiger partial charge in [-0.05, 0) is 17.4 Å². The third kappa shape index (κ3) is 8.82. The van der Waals surface area contributed by atoms with E-state index in [4.69, 9.17) is 10.8 Å². The molecule has 10 heteroatoms. The predicted molar refractivity (Wildman–Crippen MR) is 123 cm³/mol. The van der Waals surface area contributed by atoms with E-state index in [-0.39, 0.29) is 18.3 Å². The minimum atomic E-state index is -1.19. The molecule has 0 spiro atoms. The number of benzene rings is 1. The number of hydrogen-bond acceptors (Lipinski definition) is 6. The number of carbonyl (C=O) groups is 4. The summed E-state index contributed by atoms with van der Waals surface area (Å²) in [5.74, 6) is -3.77. The summed E-state index contributed by atoms with van der Waals surface area (Å²) in [7, 11) is 0. The van der Waals surface area contributed by atoms with Crippen molar-refractivity contribution in [2.45, 2.75) is 64.7 Å². The van der Waals surface area contributed by atoms with Gasteiger partial charge in [0.05, 0.1) is 6.61 Å². The second-order valence-corrected chi connectivity index (χ2v) is 8.48. The fourth-order valence-electron chi connectivity index (χ4n) is 3.14. The van der Waals surface area contributed by atoms with Crippen LogP contribution in [0.4, 0.5) is 0 Å². The normalized spacial score (nSPS) is 15.6. The number of aliphatic hydroxyl groups is 1. The highest BCUT2D eigenvalue weighted by Gasteiger charge is 2.33. The van der Waals surface area contributed by atoms with E-state index in [0.29, 0.717) is 6.42 Å². The summed E-state index contributed by atoms with van der Waals surface area (Å²) in [6, 6.07) is 4.60. The van der Waals surface area contributed by atoms with Gasteiger partial charge in [-0.1, -0.05) is 64.4 Å². The van der Waals surface area contributed by atoms with E-state index in [1.165, 1.54) is 0 Å². The van der Waals surface area contributed by atoms with Crippen molar-refractivity contribution in [1.29, 1.82) is 0 Å². The van der Waals surface area contributed by atoms with E-state index in [1.807, 2.05) is 13.0 Å². The molecule has 1 rings (SSSR count). The summed E-state index contributed by atoms with van der Waals surface area (Å²) in [5, 5.41) is 26.3. The maximum absolute atomic E-state index is 13.1. The Morgan fingerprint density at radius 2 is 1.48 bits per heavy atom. The second kappa shape index (κ2) is 13.5. The number of carbonyl (C=O) groups excluding carboxylic acids is 3. The van der Waals surface area contributed by atoms with Gasteiger partial charge in [-0.25, -0.2) is 4.79 Å². The van der Waals surface area contributed by atoms with Crippen molar-refractivity contribution >= 4 is 23.7 Å². The average Bonchev–Trinajstić information content (AvgIpc) is 2.79. The number of nitrogens with two attached hydrogens (primary N) is 1. The standard InChI is InChI=1S/C23H36N4O6/c1-5-14(4)19(23(32)33)27-21(30)17(11-15-9-7-6-8-10-15)25-22(31)18(13(2)3)26-20(29)16(24)12-28/h6-10,13-14,16-19,28H,5,11-12,24H2,1-4H3,(H,25,31)(H,26,29)(H,27,30)(H,32,33). The van der Waals surface area contributed by atoms with Gasteiger partial charge in [0.2, 0.25) is 17.7 Å². The van der Waals surface area contributed by atoms with Crippen molar-refractivity contribution in [2.75, 3.05) is 6.61 Å². The van der Waals surface area contributed by atoms with Crippen LogP contribution >= 0.6 is 0 Å². The zero-order valence-electron chi connectivity index (χ0n) is 19.6. The van der Waals surface area contributed by atoms with Crippen molar-refractivity contribution in [3.8, 4) is 0 Å². The fourth-order valence-corrected chi connectivity index (χ4v) is 3.14. The molecular formula is C23H36N4O6. The lowest BCUT2D eigenvalue weighted by Gasteiger charge is -2.28. The Morgan fingerprint density at radius 1 is 0.909 bits per heavy atom. The van der Waals surface area contributed by atoms with Gasteiger partial charge < -0.3 is 31.9 Å². The first-order valence-electron chi connectivity index (χ1n) is 11.1. The van der Waals surface area contributed by atoms with Crippen LogP contribution in [0.15, 0.2) is 30.3 Å². The molecule has 10 nitrogen and oxygen atoms in total. The molecule has 184 valence electrons. The van der Waals surface area contributed by atoms with Crippen LogP contribution in [0.5, 0.6) is 0 Å². The smallest absolute Gasteiger partial charge is 0.326 e. The Kier molecular flexibility index (Phi) is 11.5. The van der Waals surface area contributed by atoms with Gasteiger partial charge in [0.25, 0.3) is 0 Å². The first-order valence-corrected chi connectivity index (χ1v) is 11.1. The highest BCUT2D eigenvalue weighted by molar-refractivity contribution is 5.94. The minimum absolute atomic E-state index is 0.125. The molecular weight excluding hydrogens is 428 g/mol. The van der Waals surface area contributed by atoms with Gasteiger partial charge in [-0.2, -0.15) is 0 Å². The van der Waals surface area contributed by atoms with Crippen LogP contribution in [0.2, 0.25) is 0 Å². The average molecular weight is 465 g/mol. The van der Waals surface area contributed by atoms with Crippen molar-refractivity contribution in [3.63, 3.8) is 0 Å². The largest absolute Gasteiger partial charge is 0.480 e. The zero-order chi connectivity index (χ0) is 25.1. The molecule has 5 unspecified atom stereocenters. The number of aliphatic carboxylic acids is 1. The van der Waals surface area contributed by atoms with Gasteiger partial charge in [0.15, 0.2) is 0 Å². The molecule has 0 aliphatic carbocycles. The van der Waals surface area contributed by atoms with Gasteiger partial charge >= 0.3 is 5.97 Å². The molecule has 1 aromatic carbocycles. The molecule has 0 aromatic heterocycles. The van der Waals surface area contributed by atoms with Gasteiger partial charge in [-0.15, -0.1) is 0 Å². The van der Waals surface area contributed by atoms with Crippen LogP contribution in [0, 0.1) is 11.8 Å². The molecule has 5 atom stereocenters. The van der Waals surface area contributed by atoms with E-state index in [9.17, 15) is 24.3 Å². The lowest BCUT2D eigenvalue weighted by Crippen LogP contribution is -2.59. The molecule has 0 radical (unpaired) electrons. The van der Waals surface area contributed by atoms with Gasteiger partial charge in [0, 0.05) is 6.42 Å². The van der Waals surface area contributed by atoms with E-state index in [2.05, 4.69) is 16.0 Å². The molecule has 33 heavy (non-hydrogen) atoms. The van der Waals surface area contributed by atoms with E-state index < -0.39 is 54.5 Å². The Balaban J connectivity index is 3.11. The van der Waals surface area contributed by atoms with Crippen LogP contribution in [0.1, 0.15) is 39.7 Å². The number of aliphatic hydroxyl groups excluding tert-OH is 1. The Bertz CT molecular complexity index is 801. The van der Waals surface area contributed by atoms with Crippen molar-refractivity contribution in [1.82, 2.24) is 16.0 Å². The minimum Gasteiger partial charge on any atom is -0.480 e. The van der Waals surface area contributed by atoms with Crippen molar-refractivity contribution in [3.05, 3.63) is 35.9 Å². The molecule has 0 aliphatic rings. The van der Waals surface area contributed by atoms with Crippen LogP contribution in [-0.4, -0.2) is 64.7 Å². The van der Waals surface area contributed by atoms with Crippen molar-refractivity contribution in [2.24, 2.45) is 17.6 Å². The Hall–Kier alpha value is -2.98. The first-order chi connectivity index (χ1) is 15.5. The third-order valence-corrected chi connectivity index (χ3v) is 5.47. The highest BCUT2D eigenvalue weighted by Crippen LogP contribution is 2.11. The number of amides is 3. The summed E-state index contributed by atoms with van der Waals surface area (Å²) in [4.78, 5) is 49.9. The summed E-state index contributed by atoms with van der Waals surface area (Å²) in [6.07, 6.45) is 0.666. The van der Waals surface area contributed by atoms with Crippen molar-refractivity contribution < 1.29 is 29.4 Å². The molecule has 7 N–H and O–H groups in total. The monoisotopic (exact) mass is 464 g/mol. The van der Waals surface area contributed by atoms with E-state index in [1.54, 1.807) is 45.0 Å². The highest BCUT2D eigenvalue weighted by atomic mass is 16.4. The molecule has 0 saturated heterocycles. The summed E-state index contributed by atoms with van der Waals surface area (Å²) < 4.78 is 0. The number of nitrogens with one attached hydrogen (secondary N) is 3. The van der Waals surface area contributed by atoms with Gasteiger partial charge in [-0.3, -0.25) is 14.4 Å². The third-order valence-electron chi connectivity index (χ3n) is 5.47. The van der Waals surface area contributed by atoms with E-state index >= 15 is 0 Å². The second-order valence-electron chi connectivity index (χ2n) is 8.48. The zero-order valence-corrected chi connectivity index (χ0v) is 19.6. The number of carboxylic acids is 1. The lowest BCUT2D eigenvalue weighted by atomic mass is 9.97. The van der Waals surface area contributed by atoms with Crippen LogP contribution < -0.4 is 21.7 Å². The molecule has 1 aromatic rings. The predicted octanol–water partition coefficient (Wildman–Crippen LogP) is -0.210. The van der Waals surface area contributed by atoms with Crippen LogP contribution in [0.25, 0.3) is 0 Å².